The average molecular weight is 362 g/mol. The average Bonchev–Trinajstić information content (AvgIpc) is 2.54. The standard InChI is InChI=1S/C18H13Cl2NO3/c1-10-5-6-15-13(7-10)17(22)12(9-21(15)18(23)24)8-11-3-2-4-14(19)16(11)20/h2-7,9H,8H2,1H3,(H,23,24). The van der Waals surface area contributed by atoms with E-state index in [2.05, 4.69) is 0 Å². The van der Waals surface area contributed by atoms with Gasteiger partial charge in [-0.3, -0.25) is 9.36 Å². The smallest absolute Gasteiger partial charge is 0.416 e. The third kappa shape index (κ3) is 2.90. The maximum absolute atomic E-state index is 12.8. The van der Waals surface area contributed by atoms with Gasteiger partial charge in [-0.05, 0) is 30.7 Å². The number of halogens is 2. The van der Waals surface area contributed by atoms with E-state index in [0.717, 1.165) is 10.1 Å². The predicted molar refractivity (Wildman–Crippen MR) is 95.6 cm³/mol. The molecule has 0 aliphatic heterocycles. The summed E-state index contributed by atoms with van der Waals surface area (Å²) in [5, 5.41) is 10.6. The Kier molecular flexibility index (Phi) is 4.35. The van der Waals surface area contributed by atoms with Crippen LogP contribution in [0.1, 0.15) is 16.7 Å². The normalized spacial score (nSPS) is 11.0. The molecule has 3 rings (SSSR count). The van der Waals surface area contributed by atoms with Crippen molar-refractivity contribution in [2.24, 2.45) is 0 Å². The zero-order valence-electron chi connectivity index (χ0n) is 12.7. The fourth-order valence-corrected chi connectivity index (χ4v) is 3.06. The number of carboxylic acid groups (broad SMARTS) is 1. The molecule has 0 fully saturated rings. The predicted octanol–water partition coefficient (Wildman–Crippen LogP) is 4.73. The van der Waals surface area contributed by atoms with Gasteiger partial charge in [0, 0.05) is 23.6 Å². The summed E-state index contributed by atoms with van der Waals surface area (Å²) in [5.41, 5.74) is 2.06. The van der Waals surface area contributed by atoms with Gasteiger partial charge in [-0.2, -0.15) is 0 Å². The summed E-state index contributed by atoms with van der Waals surface area (Å²) in [5.74, 6) is 0. The highest BCUT2D eigenvalue weighted by molar-refractivity contribution is 6.42. The van der Waals surface area contributed by atoms with Crippen molar-refractivity contribution in [3.8, 4) is 0 Å². The molecule has 0 saturated heterocycles. The fourth-order valence-electron chi connectivity index (χ4n) is 2.67. The summed E-state index contributed by atoms with van der Waals surface area (Å²) < 4.78 is 1.06. The maximum Gasteiger partial charge on any atom is 0.416 e. The van der Waals surface area contributed by atoms with Gasteiger partial charge in [0.05, 0.1) is 15.6 Å². The molecule has 2 aromatic carbocycles. The molecule has 0 amide bonds. The van der Waals surface area contributed by atoms with E-state index in [1.54, 1.807) is 36.4 Å². The topological polar surface area (TPSA) is 59.3 Å². The molecule has 1 aromatic heterocycles. The number of aryl methyl sites for hydroxylation is 1. The highest BCUT2D eigenvalue weighted by Crippen LogP contribution is 2.27. The van der Waals surface area contributed by atoms with Crippen molar-refractivity contribution in [3.63, 3.8) is 0 Å². The quantitative estimate of drug-likeness (QED) is 0.717. The van der Waals surface area contributed by atoms with Crippen LogP contribution in [0.25, 0.3) is 10.9 Å². The fraction of sp³-hybridized carbons (Fsp3) is 0.111. The summed E-state index contributed by atoms with van der Waals surface area (Å²) in [6.45, 7) is 1.85. The summed E-state index contributed by atoms with van der Waals surface area (Å²) in [6.07, 6.45) is 0.400. The molecule has 6 heteroatoms. The number of hydrogen-bond acceptors (Lipinski definition) is 2. The van der Waals surface area contributed by atoms with E-state index in [9.17, 15) is 14.7 Å². The number of hydrogen-bond donors (Lipinski definition) is 1. The molecule has 0 unspecified atom stereocenters. The number of aromatic nitrogens is 1. The van der Waals surface area contributed by atoms with Gasteiger partial charge in [0.1, 0.15) is 0 Å². The number of pyridine rings is 1. The van der Waals surface area contributed by atoms with Crippen LogP contribution < -0.4 is 5.43 Å². The number of rotatable bonds is 2. The van der Waals surface area contributed by atoms with Crippen LogP contribution in [0, 0.1) is 6.92 Å². The summed E-state index contributed by atoms with van der Waals surface area (Å²) >= 11 is 12.2. The number of nitrogens with zero attached hydrogens (tertiary/aromatic N) is 1. The van der Waals surface area contributed by atoms with E-state index in [1.165, 1.54) is 6.20 Å². The molecule has 0 spiro atoms. The van der Waals surface area contributed by atoms with Crippen LogP contribution in [0.15, 0.2) is 47.4 Å². The Morgan fingerprint density at radius 3 is 2.62 bits per heavy atom. The van der Waals surface area contributed by atoms with E-state index in [-0.39, 0.29) is 11.8 Å². The Balaban J connectivity index is 2.25. The molecule has 0 saturated carbocycles. The second-order valence-corrected chi connectivity index (χ2v) is 6.33. The van der Waals surface area contributed by atoms with Crippen LogP contribution in [0.2, 0.25) is 10.0 Å². The van der Waals surface area contributed by atoms with Gasteiger partial charge in [-0.15, -0.1) is 0 Å². The molecule has 1 N–H and O–H groups in total. The maximum atomic E-state index is 12.8. The molecule has 4 nitrogen and oxygen atoms in total. The zero-order valence-corrected chi connectivity index (χ0v) is 14.2. The Bertz CT molecular complexity index is 1020. The first-order chi connectivity index (χ1) is 11.4. The summed E-state index contributed by atoms with van der Waals surface area (Å²) in [4.78, 5) is 24.3. The molecule has 24 heavy (non-hydrogen) atoms. The van der Waals surface area contributed by atoms with Crippen molar-refractivity contribution in [3.05, 3.63) is 79.6 Å². The molecule has 0 aliphatic carbocycles. The van der Waals surface area contributed by atoms with Gasteiger partial charge >= 0.3 is 6.09 Å². The lowest BCUT2D eigenvalue weighted by Crippen LogP contribution is -2.19. The minimum atomic E-state index is -1.15. The Morgan fingerprint density at radius 1 is 1.17 bits per heavy atom. The van der Waals surface area contributed by atoms with E-state index >= 15 is 0 Å². The molecule has 0 atom stereocenters. The molecule has 0 radical (unpaired) electrons. The van der Waals surface area contributed by atoms with Crippen LogP contribution in [0.5, 0.6) is 0 Å². The Morgan fingerprint density at radius 2 is 1.92 bits per heavy atom. The second kappa shape index (κ2) is 6.30. The van der Waals surface area contributed by atoms with Crippen LogP contribution in [-0.2, 0) is 6.42 Å². The lowest BCUT2D eigenvalue weighted by molar-refractivity contribution is 0.197. The highest BCUT2D eigenvalue weighted by atomic mass is 35.5. The molecular weight excluding hydrogens is 349 g/mol. The molecule has 1 heterocycles. The van der Waals surface area contributed by atoms with Crippen molar-refractivity contribution in [2.45, 2.75) is 13.3 Å². The Labute approximate surface area is 147 Å². The first kappa shape index (κ1) is 16.6. The van der Waals surface area contributed by atoms with Gasteiger partial charge in [0.25, 0.3) is 0 Å². The molecule has 122 valence electrons. The molecule has 3 aromatic rings. The van der Waals surface area contributed by atoms with E-state index in [0.29, 0.717) is 32.1 Å². The van der Waals surface area contributed by atoms with E-state index in [4.69, 9.17) is 23.2 Å². The second-order valence-electron chi connectivity index (χ2n) is 5.55. The van der Waals surface area contributed by atoms with Crippen LogP contribution >= 0.6 is 23.2 Å². The largest absolute Gasteiger partial charge is 0.464 e. The van der Waals surface area contributed by atoms with Crippen LogP contribution in [0.3, 0.4) is 0 Å². The first-order valence-corrected chi connectivity index (χ1v) is 7.95. The van der Waals surface area contributed by atoms with Crippen molar-refractivity contribution in [2.75, 3.05) is 0 Å². The van der Waals surface area contributed by atoms with E-state index in [1.807, 2.05) is 6.92 Å². The van der Waals surface area contributed by atoms with Crippen molar-refractivity contribution in [1.82, 2.24) is 4.57 Å². The van der Waals surface area contributed by atoms with Crippen molar-refractivity contribution >= 4 is 40.2 Å². The van der Waals surface area contributed by atoms with Gasteiger partial charge < -0.3 is 5.11 Å². The highest BCUT2D eigenvalue weighted by Gasteiger charge is 2.15. The van der Waals surface area contributed by atoms with Crippen LogP contribution in [0.4, 0.5) is 4.79 Å². The Hall–Kier alpha value is -2.30. The molecular formula is C18H13Cl2NO3. The van der Waals surface area contributed by atoms with E-state index < -0.39 is 6.09 Å². The number of carbonyl (C=O) groups is 1. The third-order valence-electron chi connectivity index (χ3n) is 3.85. The summed E-state index contributed by atoms with van der Waals surface area (Å²) in [6, 6.07) is 10.3. The monoisotopic (exact) mass is 361 g/mol. The number of fused-ring (bicyclic) bond motifs is 1. The van der Waals surface area contributed by atoms with Gasteiger partial charge in [-0.25, -0.2) is 4.79 Å². The van der Waals surface area contributed by atoms with Crippen LogP contribution in [-0.4, -0.2) is 15.8 Å². The third-order valence-corrected chi connectivity index (χ3v) is 4.71. The SMILES string of the molecule is Cc1ccc2c(c1)c(=O)c(Cc1cccc(Cl)c1Cl)cn2C(=O)O. The minimum Gasteiger partial charge on any atom is -0.464 e. The number of benzene rings is 2. The lowest BCUT2D eigenvalue weighted by atomic mass is 10.0. The molecule has 0 bridgehead atoms. The van der Waals surface area contributed by atoms with Gasteiger partial charge in [-0.1, -0.05) is 47.0 Å². The minimum absolute atomic E-state index is 0.204. The van der Waals surface area contributed by atoms with Crippen molar-refractivity contribution < 1.29 is 9.90 Å². The first-order valence-electron chi connectivity index (χ1n) is 7.19. The lowest BCUT2D eigenvalue weighted by Gasteiger charge is -2.11. The molecule has 0 aliphatic rings. The van der Waals surface area contributed by atoms with Crippen molar-refractivity contribution in [1.29, 1.82) is 0 Å². The zero-order chi connectivity index (χ0) is 17.4. The van der Waals surface area contributed by atoms with Gasteiger partial charge in [0.15, 0.2) is 5.43 Å². The van der Waals surface area contributed by atoms with Gasteiger partial charge in [0.2, 0.25) is 0 Å². The summed E-state index contributed by atoms with van der Waals surface area (Å²) in [7, 11) is 0.